The van der Waals surface area contributed by atoms with Crippen LogP contribution in [0, 0.1) is 6.92 Å². The van der Waals surface area contributed by atoms with Gasteiger partial charge in [-0.2, -0.15) is 4.31 Å². The van der Waals surface area contributed by atoms with Crippen LogP contribution in [0.5, 0.6) is 0 Å². The summed E-state index contributed by atoms with van der Waals surface area (Å²) in [5.74, 6) is -0.512. The Kier molecular flexibility index (Phi) is 4.43. The number of esters is 1. The van der Waals surface area contributed by atoms with Gasteiger partial charge in [-0.05, 0) is 31.5 Å². The van der Waals surface area contributed by atoms with Crippen LogP contribution in [0.3, 0.4) is 0 Å². The first-order valence-electron chi connectivity index (χ1n) is 7.78. The maximum Gasteiger partial charge on any atom is 0.326 e. The SMILES string of the molecule is CCOC(=O)[C@@H]1[C@H](c2ccccc2)N1S(=O)(=O)c1ccc(C)cc1. The number of carbonyl (C=O) groups is 1. The molecule has 0 amide bonds. The summed E-state index contributed by atoms with van der Waals surface area (Å²) in [4.78, 5) is 12.4. The van der Waals surface area contributed by atoms with Crippen LogP contribution >= 0.6 is 0 Å². The number of benzene rings is 2. The van der Waals surface area contributed by atoms with Crippen LogP contribution in [0.4, 0.5) is 0 Å². The largest absolute Gasteiger partial charge is 0.465 e. The number of nitrogens with zero attached hydrogens (tertiary/aromatic N) is 1. The Morgan fingerprint density at radius 1 is 1.08 bits per heavy atom. The number of rotatable bonds is 5. The molecule has 0 radical (unpaired) electrons. The molecule has 2 aromatic carbocycles. The maximum atomic E-state index is 12.9. The zero-order valence-electron chi connectivity index (χ0n) is 13.5. The van der Waals surface area contributed by atoms with E-state index in [4.69, 9.17) is 4.74 Å². The van der Waals surface area contributed by atoms with Gasteiger partial charge in [-0.3, -0.25) is 4.79 Å². The van der Waals surface area contributed by atoms with Crippen molar-refractivity contribution in [2.45, 2.75) is 30.8 Å². The lowest BCUT2D eigenvalue weighted by atomic mass is 10.1. The normalized spacial score (nSPS) is 22.8. The van der Waals surface area contributed by atoms with Crippen LogP contribution in [0.2, 0.25) is 0 Å². The number of sulfonamides is 1. The van der Waals surface area contributed by atoms with E-state index < -0.39 is 28.1 Å². The van der Waals surface area contributed by atoms with Crippen molar-refractivity contribution in [2.24, 2.45) is 0 Å². The molecular weight excluding hydrogens is 326 g/mol. The lowest BCUT2D eigenvalue weighted by molar-refractivity contribution is -0.143. The number of carbonyl (C=O) groups excluding carboxylic acids is 1. The summed E-state index contributed by atoms with van der Waals surface area (Å²) in [7, 11) is -3.76. The minimum atomic E-state index is -3.76. The minimum Gasteiger partial charge on any atom is -0.465 e. The van der Waals surface area contributed by atoms with Crippen LogP contribution in [-0.2, 0) is 19.6 Å². The molecule has 0 spiro atoms. The second-order valence-corrected chi connectivity index (χ2v) is 7.54. The van der Waals surface area contributed by atoms with Gasteiger partial charge in [0.05, 0.1) is 17.5 Å². The van der Waals surface area contributed by atoms with Gasteiger partial charge in [0.1, 0.15) is 6.04 Å². The Labute approximate surface area is 141 Å². The summed E-state index contributed by atoms with van der Waals surface area (Å²) in [6.45, 7) is 3.81. The van der Waals surface area contributed by atoms with Crippen molar-refractivity contribution in [3.8, 4) is 0 Å². The molecule has 0 aliphatic carbocycles. The lowest BCUT2D eigenvalue weighted by Gasteiger charge is -2.07. The van der Waals surface area contributed by atoms with Gasteiger partial charge in [0, 0.05) is 0 Å². The average Bonchev–Trinajstić information content (AvgIpc) is 3.33. The smallest absolute Gasteiger partial charge is 0.326 e. The van der Waals surface area contributed by atoms with Gasteiger partial charge in [-0.1, -0.05) is 48.0 Å². The molecule has 1 saturated heterocycles. The van der Waals surface area contributed by atoms with E-state index in [9.17, 15) is 13.2 Å². The van der Waals surface area contributed by atoms with Crippen LogP contribution in [0.15, 0.2) is 59.5 Å². The molecular formula is C18H19NO4S. The lowest BCUT2D eigenvalue weighted by Crippen LogP contribution is -2.21. The number of ether oxygens (including phenoxy) is 1. The number of aryl methyl sites for hydroxylation is 1. The predicted molar refractivity (Wildman–Crippen MR) is 89.8 cm³/mol. The third-order valence-corrected chi connectivity index (χ3v) is 5.90. The van der Waals surface area contributed by atoms with E-state index in [0.29, 0.717) is 0 Å². The summed E-state index contributed by atoms with van der Waals surface area (Å²) in [6, 6.07) is 14.4. The molecule has 0 aromatic heterocycles. The zero-order valence-corrected chi connectivity index (χ0v) is 14.4. The van der Waals surface area contributed by atoms with Gasteiger partial charge in [-0.25, -0.2) is 8.42 Å². The monoisotopic (exact) mass is 345 g/mol. The van der Waals surface area contributed by atoms with Crippen LogP contribution in [0.25, 0.3) is 0 Å². The van der Waals surface area contributed by atoms with Crippen LogP contribution in [-0.4, -0.2) is 31.3 Å². The predicted octanol–water partition coefficient (Wildman–Crippen LogP) is 2.67. The second kappa shape index (κ2) is 6.37. The quantitative estimate of drug-likeness (QED) is 0.617. The van der Waals surface area contributed by atoms with E-state index in [2.05, 4.69) is 0 Å². The highest BCUT2D eigenvalue weighted by Crippen LogP contribution is 2.48. The molecule has 3 rings (SSSR count). The molecule has 1 fully saturated rings. The first-order chi connectivity index (χ1) is 11.5. The van der Waals surface area contributed by atoms with E-state index in [0.717, 1.165) is 11.1 Å². The summed E-state index contributed by atoms with van der Waals surface area (Å²) in [5, 5.41) is 0. The fourth-order valence-electron chi connectivity index (χ4n) is 2.78. The molecule has 6 heteroatoms. The maximum absolute atomic E-state index is 12.9. The molecule has 126 valence electrons. The zero-order chi connectivity index (χ0) is 17.3. The second-order valence-electron chi connectivity index (χ2n) is 5.70. The molecule has 1 aliphatic rings. The standard InChI is InChI=1S/C18H19NO4S/c1-3-23-18(20)17-16(14-7-5-4-6-8-14)19(17)24(21,22)15-11-9-13(2)10-12-15/h4-12,16-17H,3H2,1-2H3/t16-,17-,19?/m0/s1. The van der Waals surface area contributed by atoms with Gasteiger partial charge in [-0.15, -0.1) is 0 Å². The van der Waals surface area contributed by atoms with Gasteiger partial charge in [0.2, 0.25) is 10.0 Å². The Hall–Kier alpha value is -2.18. The van der Waals surface area contributed by atoms with E-state index in [1.807, 2.05) is 37.3 Å². The molecule has 0 bridgehead atoms. The summed E-state index contributed by atoms with van der Waals surface area (Å²) >= 11 is 0. The van der Waals surface area contributed by atoms with Gasteiger partial charge < -0.3 is 4.74 Å². The topological polar surface area (TPSA) is 63.5 Å². The fraction of sp³-hybridized carbons (Fsp3) is 0.278. The highest BCUT2D eigenvalue weighted by Gasteiger charge is 2.61. The van der Waals surface area contributed by atoms with Crippen molar-refractivity contribution < 1.29 is 17.9 Å². The van der Waals surface area contributed by atoms with Crippen LogP contribution < -0.4 is 0 Å². The Bertz CT molecular complexity index is 831. The highest BCUT2D eigenvalue weighted by atomic mass is 32.2. The molecule has 1 heterocycles. The van der Waals surface area contributed by atoms with Gasteiger partial charge in [0.25, 0.3) is 0 Å². The first kappa shape index (κ1) is 16.7. The van der Waals surface area contributed by atoms with E-state index in [-0.39, 0.29) is 11.5 Å². The van der Waals surface area contributed by atoms with Crippen molar-refractivity contribution in [2.75, 3.05) is 6.61 Å². The molecule has 5 nitrogen and oxygen atoms in total. The van der Waals surface area contributed by atoms with Crippen molar-refractivity contribution in [3.05, 3.63) is 65.7 Å². The summed E-state index contributed by atoms with van der Waals surface area (Å²) < 4.78 is 32.1. The fourth-order valence-corrected chi connectivity index (χ4v) is 4.49. The van der Waals surface area contributed by atoms with Crippen molar-refractivity contribution in [3.63, 3.8) is 0 Å². The Balaban J connectivity index is 1.97. The number of hydrogen-bond donors (Lipinski definition) is 0. The van der Waals surface area contributed by atoms with Crippen molar-refractivity contribution in [1.29, 1.82) is 0 Å². The van der Waals surface area contributed by atoms with E-state index >= 15 is 0 Å². The van der Waals surface area contributed by atoms with Gasteiger partial charge >= 0.3 is 5.97 Å². The summed E-state index contributed by atoms with van der Waals surface area (Å²) in [6.07, 6.45) is 0. The Morgan fingerprint density at radius 2 is 1.71 bits per heavy atom. The van der Waals surface area contributed by atoms with Crippen molar-refractivity contribution in [1.82, 2.24) is 4.31 Å². The average molecular weight is 345 g/mol. The Morgan fingerprint density at radius 3 is 2.29 bits per heavy atom. The first-order valence-corrected chi connectivity index (χ1v) is 9.22. The molecule has 0 N–H and O–H groups in total. The van der Waals surface area contributed by atoms with Crippen molar-refractivity contribution >= 4 is 16.0 Å². The number of hydrogen-bond acceptors (Lipinski definition) is 4. The molecule has 3 atom stereocenters. The van der Waals surface area contributed by atoms with E-state index in [1.165, 1.54) is 4.31 Å². The molecule has 2 aromatic rings. The molecule has 1 unspecified atom stereocenters. The van der Waals surface area contributed by atoms with E-state index in [1.54, 1.807) is 31.2 Å². The molecule has 0 saturated carbocycles. The van der Waals surface area contributed by atoms with Gasteiger partial charge in [0.15, 0.2) is 0 Å². The highest BCUT2D eigenvalue weighted by molar-refractivity contribution is 7.89. The minimum absolute atomic E-state index is 0.181. The van der Waals surface area contributed by atoms with Crippen LogP contribution in [0.1, 0.15) is 24.1 Å². The molecule has 1 aliphatic heterocycles. The third-order valence-electron chi connectivity index (χ3n) is 4.02. The summed E-state index contributed by atoms with van der Waals surface area (Å²) in [5.41, 5.74) is 1.76. The third kappa shape index (κ3) is 2.95. The molecule has 24 heavy (non-hydrogen) atoms.